The van der Waals surface area contributed by atoms with Crippen LogP contribution in [0, 0.1) is 0 Å². The fourth-order valence-electron chi connectivity index (χ4n) is 1.83. The van der Waals surface area contributed by atoms with Crippen LogP contribution < -0.4 is 15.0 Å². The van der Waals surface area contributed by atoms with Crippen molar-refractivity contribution in [3.8, 4) is 11.5 Å². The van der Waals surface area contributed by atoms with Crippen LogP contribution >= 0.6 is 11.8 Å². The van der Waals surface area contributed by atoms with Gasteiger partial charge >= 0.3 is 0 Å². The van der Waals surface area contributed by atoms with Crippen molar-refractivity contribution >= 4 is 23.9 Å². The fraction of sp³-hybridized carbons (Fsp3) is 0.200. The second kappa shape index (κ2) is 6.99. The van der Waals surface area contributed by atoms with E-state index < -0.39 is 0 Å². The third-order valence-electron chi connectivity index (χ3n) is 2.83. The van der Waals surface area contributed by atoms with E-state index in [1.165, 1.54) is 6.07 Å². The molecule has 1 aromatic heterocycles. The van der Waals surface area contributed by atoms with E-state index in [1.807, 2.05) is 30.5 Å². The average molecular weight is 304 g/mol. The van der Waals surface area contributed by atoms with Crippen LogP contribution in [0.2, 0.25) is 0 Å². The zero-order chi connectivity index (χ0) is 15.2. The van der Waals surface area contributed by atoms with E-state index in [2.05, 4.69) is 10.2 Å². The maximum atomic E-state index is 11.0. The summed E-state index contributed by atoms with van der Waals surface area (Å²) in [4.78, 5) is 11.9. The van der Waals surface area contributed by atoms with Crippen LogP contribution in [-0.4, -0.2) is 30.7 Å². The number of aromatic amines is 1. The number of methoxy groups -OCH3 is 2. The highest BCUT2D eigenvalue weighted by molar-refractivity contribution is 7.98. The summed E-state index contributed by atoms with van der Waals surface area (Å²) < 4.78 is 10.8. The first-order chi connectivity index (χ1) is 10.2. The number of rotatable bonds is 5. The molecular weight excluding hydrogens is 288 g/mol. The summed E-state index contributed by atoms with van der Waals surface area (Å²) >= 11 is 1.57. The van der Waals surface area contributed by atoms with Gasteiger partial charge in [-0.15, -0.1) is 11.8 Å². The summed E-state index contributed by atoms with van der Waals surface area (Å²) in [5, 5.41) is 6.31. The Morgan fingerprint density at radius 1 is 1.14 bits per heavy atom. The molecule has 1 aromatic carbocycles. The first kappa shape index (κ1) is 15.2. The minimum Gasteiger partial charge on any atom is -0.495 e. The molecule has 1 N–H and O–H groups in total. The van der Waals surface area contributed by atoms with Crippen LogP contribution in [0.15, 0.2) is 34.0 Å². The molecule has 0 fully saturated rings. The first-order valence-corrected chi connectivity index (χ1v) is 7.44. The maximum absolute atomic E-state index is 11.0. The Balaban J connectivity index is 2.35. The van der Waals surface area contributed by atoms with E-state index >= 15 is 0 Å². The lowest BCUT2D eigenvalue weighted by Gasteiger charge is -2.12. The molecule has 0 saturated carbocycles. The predicted molar refractivity (Wildman–Crippen MR) is 85.1 cm³/mol. The topological polar surface area (TPSA) is 64.2 Å². The lowest BCUT2D eigenvalue weighted by Crippen LogP contribution is -2.05. The highest BCUT2D eigenvalue weighted by atomic mass is 32.2. The SMILES string of the molecule is COc1cc(/C=C/c2ccc(=O)[nH]n2)cc(OC)c1SC. The van der Waals surface area contributed by atoms with Crippen LogP contribution in [-0.2, 0) is 0 Å². The normalized spacial score (nSPS) is 10.8. The zero-order valence-electron chi connectivity index (χ0n) is 12.0. The summed E-state index contributed by atoms with van der Waals surface area (Å²) in [6.45, 7) is 0. The van der Waals surface area contributed by atoms with Crippen molar-refractivity contribution in [2.75, 3.05) is 20.5 Å². The number of nitrogens with zero attached hydrogens (tertiary/aromatic N) is 1. The number of hydrogen-bond donors (Lipinski definition) is 1. The Labute approximate surface area is 127 Å². The summed E-state index contributed by atoms with van der Waals surface area (Å²) in [7, 11) is 3.26. The molecule has 0 radical (unpaired) electrons. The number of thioether (sulfide) groups is 1. The van der Waals surface area contributed by atoms with Crippen LogP contribution in [0.3, 0.4) is 0 Å². The van der Waals surface area contributed by atoms with Gasteiger partial charge in [0.1, 0.15) is 11.5 Å². The zero-order valence-corrected chi connectivity index (χ0v) is 12.9. The van der Waals surface area contributed by atoms with E-state index in [1.54, 1.807) is 32.0 Å². The third-order valence-corrected chi connectivity index (χ3v) is 3.64. The maximum Gasteiger partial charge on any atom is 0.264 e. The van der Waals surface area contributed by atoms with Gasteiger partial charge in [-0.25, -0.2) is 5.10 Å². The number of ether oxygens (including phenoxy) is 2. The van der Waals surface area contributed by atoms with Gasteiger partial charge in [0.05, 0.1) is 24.8 Å². The molecule has 1 heterocycles. The van der Waals surface area contributed by atoms with Gasteiger partial charge in [-0.3, -0.25) is 4.79 Å². The van der Waals surface area contributed by atoms with Crippen LogP contribution in [0.4, 0.5) is 0 Å². The average Bonchev–Trinajstić information content (AvgIpc) is 2.53. The molecule has 2 aromatic rings. The second-order valence-electron chi connectivity index (χ2n) is 4.14. The van der Waals surface area contributed by atoms with Gasteiger partial charge in [0.15, 0.2) is 0 Å². The van der Waals surface area contributed by atoms with Gasteiger partial charge in [-0.05, 0) is 36.1 Å². The molecule has 0 atom stereocenters. The molecule has 2 rings (SSSR count). The minimum atomic E-state index is -0.222. The molecule has 6 heteroatoms. The molecule has 0 aliphatic heterocycles. The molecule has 0 aliphatic rings. The molecule has 21 heavy (non-hydrogen) atoms. The van der Waals surface area contributed by atoms with E-state index in [0.717, 1.165) is 22.0 Å². The van der Waals surface area contributed by atoms with Gasteiger partial charge < -0.3 is 9.47 Å². The molecular formula is C15H16N2O3S. The molecule has 0 saturated heterocycles. The predicted octanol–water partition coefficient (Wildman–Crippen LogP) is 2.68. The molecule has 0 bridgehead atoms. The van der Waals surface area contributed by atoms with Gasteiger partial charge in [-0.1, -0.05) is 6.08 Å². The summed E-state index contributed by atoms with van der Waals surface area (Å²) in [6.07, 6.45) is 5.67. The van der Waals surface area contributed by atoms with E-state index in [-0.39, 0.29) is 5.56 Å². The van der Waals surface area contributed by atoms with Gasteiger partial charge in [0.2, 0.25) is 0 Å². The monoisotopic (exact) mass is 304 g/mol. The van der Waals surface area contributed by atoms with E-state index in [4.69, 9.17) is 9.47 Å². The Kier molecular flexibility index (Phi) is 5.05. The van der Waals surface area contributed by atoms with Crippen molar-refractivity contribution in [3.05, 3.63) is 45.9 Å². The van der Waals surface area contributed by atoms with Gasteiger partial charge in [0.25, 0.3) is 5.56 Å². The number of aromatic nitrogens is 2. The fourth-order valence-corrected chi connectivity index (χ4v) is 2.51. The number of H-pyrrole nitrogens is 1. The lowest BCUT2D eigenvalue weighted by molar-refractivity contribution is 0.376. The van der Waals surface area contributed by atoms with Crippen LogP contribution in [0.25, 0.3) is 12.2 Å². The Bertz CT molecular complexity index is 665. The standard InChI is InChI=1S/C15H16N2O3S/c1-19-12-8-10(9-13(20-2)15(12)21-3)4-5-11-6-7-14(18)17-16-11/h4-9H,1-3H3,(H,17,18)/b5-4+. The van der Waals surface area contributed by atoms with Crippen molar-refractivity contribution in [1.29, 1.82) is 0 Å². The Morgan fingerprint density at radius 3 is 2.29 bits per heavy atom. The number of nitrogens with one attached hydrogen (secondary N) is 1. The highest BCUT2D eigenvalue weighted by Gasteiger charge is 2.10. The van der Waals surface area contributed by atoms with Gasteiger partial charge in [0, 0.05) is 6.07 Å². The molecule has 5 nitrogen and oxygen atoms in total. The summed E-state index contributed by atoms with van der Waals surface area (Å²) in [6, 6.07) is 6.94. The van der Waals surface area contributed by atoms with Crippen molar-refractivity contribution < 1.29 is 9.47 Å². The summed E-state index contributed by atoms with van der Waals surface area (Å²) in [5.74, 6) is 1.52. The van der Waals surface area contributed by atoms with E-state index in [9.17, 15) is 4.79 Å². The molecule has 0 amide bonds. The quantitative estimate of drug-likeness (QED) is 0.860. The Morgan fingerprint density at radius 2 is 1.81 bits per heavy atom. The van der Waals surface area contributed by atoms with Crippen LogP contribution in [0.5, 0.6) is 11.5 Å². The molecule has 0 aliphatic carbocycles. The van der Waals surface area contributed by atoms with Crippen molar-refractivity contribution in [3.63, 3.8) is 0 Å². The second-order valence-corrected chi connectivity index (χ2v) is 4.95. The molecule has 0 unspecified atom stereocenters. The van der Waals surface area contributed by atoms with Crippen molar-refractivity contribution in [1.82, 2.24) is 10.2 Å². The smallest absolute Gasteiger partial charge is 0.264 e. The number of benzene rings is 1. The summed E-state index contributed by atoms with van der Waals surface area (Å²) in [5.41, 5.74) is 1.37. The number of hydrogen-bond acceptors (Lipinski definition) is 5. The van der Waals surface area contributed by atoms with Crippen molar-refractivity contribution in [2.24, 2.45) is 0 Å². The highest BCUT2D eigenvalue weighted by Crippen LogP contribution is 2.38. The van der Waals surface area contributed by atoms with Gasteiger partial charge in [-0.2, -0.15) is 5.10 Å². The largest absolute Gasteiger partial charge is 0.495 e. The first-order valence-electron chi connectivity index (χ1n) is 6.21. The van der Waals surface area contributed by atoms with Crippen molar-refractivity contribution in [2.45, 2.75) is 4.90 Å². The van der Waals surface area contributed by atoms with Crippen LogP contribution in [0.1, 0.15) is 11.3 Å². The third kappa shape index (κ3) is 3.66. The molecule has 0 spiro atoms. The minimum absolute atomic E-state index is 0.222. The Hall–Kier alpha value is -2.21. The van der Waals surface area contributed by atoms with E-state index in [0.29, 0.717) is 5.69 Å². The lowest BCUT2D eigenvalue weighted by atomic mass is 10.1. The molecule has 110 valence electrons.